The standard InChI is InChI=1S/C20H18ClNO3/c1-13-10-15(6-8-18(13)24-2)12-17-20(23)25-19(22-17)9-7-14-4-3-5-16(21)11-14/h3-6,8,10-12H,7,9H2,1-2H3/b17-12+. The lowest BCUT2D eigenvalue weighted by Crippen LogP contribution is -2.05. The number of carbonyl (C=O) groups is 1. The number of hydrogen-bond donors (Lipinski definition) is 0. The predicted octanol–water partition coefficient (Wildman–Crippen LogP) is 4.59. The number of ether oxygens (including phenoxy) is 2. The lowest BCUT2D eigenvalue weighted by Gasteiger charge is -2.04. The fourth-order valence-electron chi connectivity index (χ4n) is 2.65. The van der Waals surface area contributed by atoms with E-state index >= 15 is 0 Å². The van der Waals surface area contributed by atoms with Gasteiger partial charge in [0.05, 0.1) is 7.11 Å². The Morgan fingerprint density at radius 3 is 2.76 bits per heavy atom. The molecule has 0 fully saturated rings. The largest absolute Gasteiger partial charge is 0.496 e. The molecule has 1 aliphatic heterocycles. The molecule has 0 amide bonds. The van der Waals surface area contributed by atoms with Crippen LogP contribution < -0.4 is 4.74 Å². The van der Waals surface area contributed by atoms with Crippen molar-refractivity contribution in [2.75, 3.05) is 7.11 Å². The Bertz CT molecular complexity index is 871. The Morgan fingerprint density at radius 2 is 2.04 bits per heavy atom. The van der Waals surface area contributed by atoms with Crippen LogP contribution in [0.25, 0.3) is 6.08 Å². The molecule has 0 aromatic heterocycles. The van der Waals surface area contributed by atoms with Gasteiger partial charge in [0.25, 0.3) is 0 Å². The zero-order valence-corrected chi connectivity index (χ0v) is 14.8. The Labute approximate surface area is 151 Å². The van der Waals surface area contributed by atoms with Gasteiger partial charge < -0.3 is 9.47 Å². The molecule has 2 aromatic rings. The topological polar surface area (TPSA) is 47.9 Å². The molecule has 0 spiro atoms. The van der Waals surface area contributed by atoms with Crippen molar-refractivity contribution in [2.24, 2.45) is 4.99 Å². The third kappa shape index (κ3) is 4.28. The van der Waals surface area contributed by atoms with Crippen molar-refractivity contribution in [3.8, 4) is 5.75 Å². The van der Waals surface area contributed by atoms with Crippen molar-refractivity contribution in [3.63, 3.8) is 0 Å². The zero-order valence-electron chi connectivity index (χ0n) is 14.1. The molecule has 4 nitrogen and oxygen atoms in total. The summed E-state index contributed by atoms with van der Waals surface area (Å²) < 4.78 is 10.5. The van der Waals surface area contributed by atoms with E-state index in [0.717, 1.165) is 22.4 Å². The van der Waals surface area contributed by atoms with E-state index in [9.17, 15) is 4.79 Å². The maximum Gasteiger partial charge on any atom is 0.363 e. The van der Waals surface area contributed by atoms with Gasteiger partial charge >= 0.3 is 5.97 Å². The molecule has 25 heavy (non-hydrogen) atoms. The molecule has 0 bridgehead atoms. The number of methoxy groups -OCH3 is 1. The Kier molecular flexibility index (Phi) is 5.19. The van der Waals surface area contributed by atoms with Gasteiger partial charge in [0.1, 0.15) is 5.75 Å². The van der Waals surface area contributed by atoms with Gasteiger partial charge in [0.15, 0.2) is 11.6 Å². The van der Waals surface area contributed by atoms with Crippen LogP contribution in [0.5, 0.6) is 5.75 Å². The van der Waals surface area contributed by atoms with Crippen molar-refractivity contribution in [1.29, 1.82) is 0 Å². The van der Waals surface area contributed by atoms with Crippen LogP contribution in [0.4, 0.5) is 0 Å². The first-order chi connectivity index (χ1) is 12.0. The number of nitrogens with zero attached hydrogens (tertiary/aromatic N) is 1. The summed E-state index contributed by atoms with van der Waals surface area (Å²) in [7, 11) is 1.63. The van der Waals surface area contributed by atoms with Crippen molar-refractivity contribution < 1.29 is 14.3 Å². The van der Waals surface area contributed by atoms with Crippen LogP contribution in [0, 0.1) is 6.92 Å². The summed E-state index contributed by atoms with van der Waals surface area (Å²) in [6, 6.07) is 13.3. The Balaban J connectivity index is 1.72. The molecule has 0 N–H and O–H groups in total. The average molecular weight is 356 g/mol. The molecular formula is C20H18ClNO3. The fourth-order valence-corrected chi connectivity index (χ4v) is 2.87. The fraction of sp³-hybridized carbons (Fsp3) is 0.200. The highest BCUT2D eigenvalue weighted by atomic mass is 35.5. The molecule has 0 aliphatic carbocycles. The minimum Gasteiger partial charge on any atom is -0.496 e. The molecule has 0 saturated heterocycles. The van der Waals surface area contributed by atoms with E-state index in [1.807, 2.05) is 49.4 Å². The Morgan fingerprint density at radius 1 is 1.20 bits per heavy atom. The van der Waals surface area contributed by atoms with E-state index in [0.29, 0.717) is 29.5 Å². The summed E-state index contributed by atoms with van der Waals surface area (Å²) in [4.78, 5) is 16.3. The molecule has 5 heteroatoms. The minimum atomic E-state index is -0.422. The summed E-state index contributed by atoms with van der Waals surface area (Å²) in [6.45, 7) is 1.95. The molecule has 0 saturated carbocycles. The molecule has 0 atom stereocenters. The van der Waals surface area contributed by atoms with Gasteiger partial charge in [0, 0.05) is 11.4 Å². The lowest BCUT2D eigenvalue weighted by molar-refractivity contribution is -0.130. The average Bonchev–Trinajstić information content (AvgIpc) is 2.93. The molecule has 0 radical (unpaired) electrons. The quantitative estimate of drug-likeness (QED) is 0.582. The first-order valence-corrected chi connectivity index (χ1v) is 8.33. The van der Waals surface area contributed by atoms with Crippen molar-refractivity contribution >= 4 is 29.5 Å². The van der Waals surface area contributed by atoms with Gasteiger partial charge in [-0.05, 0) is 60.4 Å². The van der Waals surface area contributed by atoms with Crippen LogP contribution in [0.15, 0.2) is 53.2 Å². The number of carbonyl (C=O) groups excluding carboxylic acids is 1. The summed E-state index contributed by atoms with van der Waals surface area (Å²) in [5, 5.41) is 0.693. The number of aryl methyl sites for hydroxylation is 2. The molecule has 0 unspecified atom stereocenters. The number of benzene rings is 2. The molecule has 3 rings (SSSR count). The van der Waals surface area contributed by atoms with Gasteiger partial charge in [0.2, 0.25) is 0 Å². The second-order valence-electron chi connectivity index (χ2n) is 5.78. The summed E-state index contributed by atoms with van der Waals surface area (Å²) in [5.74, 6) is 0.817. The molecular weight excluding hydrogens is 338 g/mol. The highest BCUT2D eigenvalue weighted by Crippen LogP contribution is 2.23. The number of hydrogen-bond acceptors (Lipinski definition) is 4. The van der Waals surface area contributed by atoms with E-state index in [1.54, 1.807) is 13.2 Å². The molecule has 1 aliphatic rings. The van der Waals surface area contributed by atoms with Crippen LogP contribution in [-0.2, 0) is 16.0 Å². The number of halogens is 1. The van der Waals surface area contributed by atoms with Crippen molar-refractivity contribution in [1.82, 2.24) is 0 Å². The first-order valence-electron chi connectivity index (χ1n) is 7.95. The first kappa shape index (κ1) is 17.2. The third-order valence-corrected chi connectivity index (χ3v) is 4.14. The summed E-state index contributed by atoms with van der Waals surface area (Å²) in [6.07, 6.45) is 2.98. The molecule has 1 heterocycles. The van der Waals surface area contributed by atoms with E-state index in [4.69, 9.17) is 21.1 Å². The second kappa shape index (κ2) is 7.53. The normalized spacial score (nSPS) is 15.2. The zero-order chi connectivity index (χ0) is 17.8. The molecule has 128 valence electrons. The van der Waals surface area contributed by atoms with E-state index in [2.05, 4.69) is 4.99 Å². The van der Waals surface area contributed by atoms with Crippen LogP contribution in [0.3, 0.4) is 0 Å². The number of cyclic esters (lactones) is 1. The van der Waals surface area contributed by atoms with Crippen LogP contribution in [-0.4, -0.2) is 19.0 Å². The van der Waals surface area contributed by atoms with E-state index in [1.165, 1.54) is 0 Å². The second-order valence-corrected chi connectivity index (χ2v) is 6.22. The lowest BCUT2D eigenvalue weighted by atomic mass is 10.1. The van der Waals surface area contributed by atoms with E-state index in [-0.39, 0.29) is 0 Å². The van der Waals surface area contributed by atoms with Gasteiger partial charge in [-0.2, -0.15) is 0 Å². The highest BCUT2D eigenvalue weighted by Gasteiger charge is 2.22. The predicted molar refractivity (Wildman–Crippen MR) is 99.0 cm³/mol. The highest BCUT2D eigenvalue weighted by molar-refractivity contribution is 6.30. The van der Waals surface area contributed by atoms with Crippen molar-refractivity contribution in [2.45, 2.75) is 19.8 Å². The monoisotopic (exact) mass is 355 g/mol. The van der Waals surface area contributed by atoms with Crippen LogP contribution >= 0.6 is 11.6 Å². The minimum absolute atomic E-state index is 0.311. The van der Waals surface area contributed by atoms with Crippen LogP contribution in [0.1, 0.15) is 23.1 Å². The van der Waals surface area contributed by atoms with Gasteiger partial charge in [-0.25, -0.2) is 9.79 Å². The van der Waals surface area contributed by atoms with E-state index < -0.39 is 5.97 Å². The number of esters is 1. The maximum absolute atomic E-state index is 12.0. The van der Waals surface area contributed by atoms with Gasteiger partial charge in [-0.1, -0.05) is 29.8 Å². The molecule has 2 aromatic carbocycles. The van der Waals surface area contributed by atoms with Gasteiger partial charge in [-0.15, -0.1) is 0 Å². The SMILES string of the molecule is COc1ccc(/C=C2/N=C(CCc3cccc(Cl)c3)OC2=O)cc1C. The van der Waals surface area contributed by atoms with Gasteiger partial charge in [-0.3, -0.25) is 0 Å². The smallest absolute Gasteiger partial charge is 0.363 e. The third-order valence-electron chi connectivity index (χ3n) is 3.90. The summed E-state index contributed by atoms with van der Waals surface area (Å²) in [5.41, 5.74) is 3.26. The maximum atomic E-state index is 12.0. The number of aliphatic imine (C=N–C) groups is 1. The van der Waals surface area contributed by atoms with Crippen LogP contribution in [0.2, 0.25) is 5.02 Å². The number of rotatable bonds is 5. The summed E-state index contributed by atoms with van der Waals surface area (Å²) >= 11 is 5.98. The van der Waals surface area contributed by atoms with Crippen molar-refractivity contribution in [3.05, 3.63) is 69.9 Å². The Hall–Kier alpha value is -2.59.